The van der Waals surface area contributed by atoms with Gasteiger partial charge in [-0.15, -0.1) is 12.4 Å². The quantitative estimate of drug-likeness (QED) is 0.654. The molecular weight excluding hydrogens is 200 g/mol. The predicted molar refractivity (Wildman–Crippen MR) is 49.2 cm³/mol. The van der Waals surface area contributed by atoms with Crippen molar-refractivity contribution in [3.05, 3.63) is 0 Å². The molecule has 1 saturated carbocycles. The summed E-state index contributed by atoms with van der Waals surface area (Å²) in [6.45, 7) is 1.47. The number of alkyl halides is 2. The molecule has 1 rings (SSSR count). The Morgan fingerprint density at radius 2 is 1.92 bits per heavy atom. The standard InChI is InChI=1S/C8H15F2NO.ClH/c1-6-5-7(12,11-2)3-4-8(6,9)10;/h6,11-12H,3-5H2,1-2H3;1H. The van der Waals surface area contributed by atoms with E-state index in [1.54, 1.807) is 7.05 Å². The number of rotatable bonds is 1. The normalized spacial score (nSPS) is 38.1. The van der Waals surface area contributed by atoms with Gasteiger partial charge in [-0.05, 0) is 19.9 Å². The zero-order valence-electron chi connectivity index (χ0n) is 7.81. The van der Waals surface area contributed by atoms with Crippen molar-refractivity contribution in [3.8, 4) is 0 Å². The van der Waals surface area contributed by atoms with Crippen LogP contribution in [0.5, 0.6) is 0 Å². The third kappa shape index (κ3) is 2.76. The maximum atomic E-state index is 12.9. The van der Waals surface area contributed by atoms with Gasteiger partial charge in [0, 0.05) is 12.3 Å². The van der Waals surface area contributed by atoms with Gasteiger partial charge in [-0.1, -0.05) is 6.92 Å². The Labute approximate surface area is 83.1 Å². The molecule has 2 nitrogen and oxygen atoms in total. The van der Waals surface area contributed by atoms with Crippen LogP contribution in [0.1, 0.15) is 26.2 Å². The summed E-state index contributed by atoms with van der Waals surface area (Å²) >= 11 is 0. The molecular formula is C8H16ClF2NO. The Morgan fingerprint density at radius 3 is 2.31 bits per heavy atom. The van der Waals surface area contributed by atoms with E-state index < -0.39 is 17.6 Å². The van der Waals surface area contributed by atoms with E-state index >= 15 is 0 Å². The summed E-state index contributed by atoms with van der Waals surface area (Å²) in [5.74, 6) is -3.35. The number of hydrogen-bond donors (Lipinski definition) is 2. The third-order valence-electron chi connectivity index (χ3n) is 2.70. The van der Waals surface area contributed by atoms with Crippen LogP contribution in [0.25, 0.3) is 0 Å². The van der Waals surface area contributed by atoms with Crippen LogP contribution in [-0.4, -0.2) is 23.8 Å². The molecule has 1 fully saturated rings. The van der Waals surface area contributed by atoms with Gasteiger partial charge < -0.3 is 5.11 Å². The van der Waals surface area contributed by atoms with Crippen LogP contribution in [-0.2, 0) is 0 Å². The lowest BCUT2D eigenvalue weighted by Crippen LogP contribution is -2.51. The van der Waals surface area contributed by atoms with Crippen LogP contribution in [0.3, 0.4) is 0 Å². The molecule has 0 aromatic heterocycles. The van der Waals surface area contributed by atoms with E-state index in [4.69, 9.17) is 0 Å². The lowest BCUT2D eigenvalue weighted by molar-refractivity contribution is -0.149. The van der Waals surface area contributed by atoms with E-state index in [0.29, 0.717) is 0 Å². The molecule has 0 spiro atoms. The van der Waals surface area contributed by atoms with Crippen molar-refractivity contribution < 1.29 is 13.9 Å². The summed E-state index contributed by atoms with van der Waals surface area (Å²) < 4.78 is 25.9. The van der Waals surface area contributed by atoms with Crippen molar-refractivity contribution >= 4 is 12.4 Å². The highest BCUT2D eigenvalue weighted by Gasteiger charge is 2.46. The van der Waals surface area contributed by atoms with Crippen molar-refractivity contribution in [1.29, 1.82) is 0 Å². The first-order chi connectivity index (χ1) is 5.40. The van der Waals surface area contributed by atoms with Gasteiger partial charge in [-0.2, -0.15) is 0 Å². The summed E-state index contributed by atoms with van der Waals surface area (Å²) in [4.78, 5) is 0. The van der Waals surface area contributed by atoms with Crippen molar-refractivity contribution in [2.45, 2.75) is 37.8 Å². The lowest BCUT2D eigenvalue weighted by atomic mass is 9.81. The van der Waals surface area contributed by atoms with Gasteiger partial charge >= 0.3 is 0 Å². The molecule has 0 aromatic rings. The number of aliphatic hydroxyl groups is 1. The SMILES string of the molecule is CNC1(O)CCC(F)(F)C(C)C1.Cl. The Morgan fingerprint density at radius 1 is 1.38 bits per heavy atom. The molecule has 1 aliphatic rings. The second kappa shape index (κ2) is 4.07. The third-order valence-corrected chi connectivity index (χ3v) is 2.70. The molecule has 0 aliphatic heterocycles. The van der Waals surface area contributed by atoms with Crippen LogP contribution in [0.2, 0.25) is 0 Å². The second-order valence-electron chi connectivity index (χ2n) is 3.65. The Kier molecular flexibility index (Phi) is 4.09. The van der Waals surface area contributed by atoms with E-state index in [-0.39, 0.29) is 31.7 Å². The average Bonchev–Trinajstić information content (AvgIpc) is 1.99. The first kappa shape index (κ1) is 13.1. The van der Waals surface area contributed by atoms with Crippen molar-refractivity contribution in [2.75, 3.05) is 7.05 Å². The molecule has 0 saturated heterocycles. The minimum atomic E-state index is -2.61. The summed E-state index contributed by atoms with van der Waals surface area (Å²) in [7, 11) is 1.59. The van der Waals surface area contributed by atoms with Gasteiger partial charge in [-0.3, -0.25) is 5.32 Å². The molecule has 0 aromatic carbocycles. The fourth-order valence-electron chi connectivity index (χ4n) is 1.60. The van der Waals surface area contributed by atoms with Gasteiger partial charge in [0.2, 0.25) is 0 Å². The Bertz CT molecular complexity index is 180. The van der Waals surface area contributed by atoms with Crippen molar-refractivity contribution in [3.63, 3.8) is 0 Å². The number of halogens is 3. The summed E-state index contributed by atoms with van der Waals surface area (Å²) in [5, 5.41) is 12.3. The molecule has 1 aliphatic carbocycles. The first-order valence-corrected chi connectivity index (χ1v) is 4.19. The largest absolute Gasteiger partial charge is 0.376 e. The topological polar surface area (TPSA) is 32.3 Å². The highest BCUT2D eigenvalue weighted by Crippen LogP contribution is 2.41. The molecule has 2 unspecified atom stereocenters. The van der Waals surface area contributed by atoms with Crippen molar-refractivity contribution in [2.24, 2.45) is 5.92 Å². The minimum Gasteiger partial charge on any atom is -0.376 e. The van der Waals surface area contributed by atoms with E-state index in [1.807, 2.05) is 0 Å². The molecule has 2 atom stereocenters. The fourth-order valence-corrected chi connectivity index (χ4v) is 1.60. The van der Waals surface area contributed by atoms with E-state index in [2.05, 4.69) is 5.32 Å². The van der Waals surface area contributed by atoms with Gasteiger partial charge in [-0.25, -0.2) is 8.78 Å². The minimum absolute atomic E-state index is 0. The highest BCUT2D eigenvalue weighted by atomic mass is 35.5. The number of hydrogen-bond acceptors (Lipinski definition) is 2. The molecule has 0 heterocycles. The summed E-state index contributed by atoms with van der Waals surface area (Å²) in [5.41, 5.74) is -1.08. The molecule has 0 bridgehead atoms. The summed E-state index contributed by atoms with van der Waals surface area (Å²) in [6, 6.07) is 0. The van der Waals surface area contributed by atoms with Gasteiger partial charge in [0.05, 0.1) is 0 Å². The van der Waals surface area contributed by atoms with Crippen LogP contribution in [0.4, 0.5) is 8.78 Å². The van der Waals surface area contributed by atoms with Crippen LogP contribution in [0.15, 0.2) is 0 Å². The van der Waals surface area contributed by atoms with Crippen LogP contribution >= 0.6 is 12.4 Å². The first-order valence-electron chi connectivity index (χ1n) is 4.19. The maximum absolute atomic E-state index is 12.9. The lowest BCUT2D eigenvalue weighted by Gasteiger charge is -2.39. The van der Waals surface area contributed by atoms with Gasteiger partial charge in [0.1, 0.15) is 5.72 Å². The predicted octanol–water partition coefficient (Wildman–Crippen LogP) is 1.77. The van der Waals surface area contributed by atoms with E-state index in [1.165, 1.54) is 6.92 Å². The molecule has 0 amide bonds. The fraction of sp³-hybridized carbons (Fsp3) is 1.00. The smallest absolute Gasteiger partial charge is 0.251 e. The average molecular weight is 216 g/mol. The highest BCUT2D eigenvalue weighted by molar-refractivity contribution is 5.85. The summed E-state index contributed by atoms with van der Waals surface area (Å²) in [6.07, 6.45) is 0.0167. The van der Waals surface area contributed by atoms with Gasteiger partial charge in [0.15, 0.2) is 0 Å². The Hall–Kier alpha value is 0.0700. The van der Waals surface area contributed by atoms with Crippen molar-refractivity contribution in [1.82, 2.24) is 5.32 Å². The maximum Gasteiger partial charge on any atom is 0.251 e. The zero-order valence-corrected chi connectivity index (χ0v) is 8.63. The molecule has 80 valence electrons. The molecule has 13 heavy (non-hydrogen) atoms. The van der Waals surface area contributed by atoms with Crippen LogP contribution < -0.4 is 5.32 Å². The van der Waals surface area contributed by atoms with E-state index in [9.17, 15) is 13.9 Å². The van der Waals surface area contributed by atoms with Gasteiger partial charge in [0.25, 0.3) is 5.92 Å². The molecule has 0 radical (unpaired) electrons. The monoisotopic (exact) mass is 215 g/mol. The van der Waals surface area contributed by atoms with Crippen LogP contribution in [0, 0.1) is 5.92 Å². The molecule has 2 N–H and O–H groups in total. The Balaban J connectivity index is 0.00000144. The second-order valence-corrected chi connectivity index (χ2v) is 3.65. The zero-order chi connectivity index (χ0) is 9.41. The number of nitrogens with one attached hydrogen (secondary N) is 1. The van der Waals surface area contributed by atoms with E-state index in [0.717, 1.165) is 0 Å². The molecule has 5 heteroatoms.